The monoisotopic (exact) mass is 858 g/mol. The van der Waals surface area contributed by atoms with Gasteiger partial charge in [-0.2, -0.15) is 0 Å². The van der Waals surface area contributed by atoms with Crippen LogP contribution in [0.4, 0.5) is 0 Å². The highest BCUT2D eigenvalue weighted by Gasteiger charge is 2.33. The van der Waals surface area contributed by atoms with Crippen molar-refractivity contribution in [2.24, 2.45) is 35.5 Å². The van der Waals surface area contributed by atoms with Crippen molar-refractivity contribution in [2.75, 3.05) is 86.8 Å². The molecule has 0 amide bonds. The number of methoxy groups -OCH3 is 3. The van der Waals surface area contributed by atoms with Crippen LogP contribution in [-0.2, 0) is 46.5 Å². The highest BCUT2D eigenvalue weighted by Crippen LogP contribution is 2.31. The molecule has 6 rings (SSSR count). The molecule has 0 radical (unpaired) electrons. The number of nitrogens with zero attached hydrogens (tertiary/aromatic N) is 1. The van der Waals surface area contributed by atoms with Gasteiger partial charge in [0.15, 0.2) is 0 Å². The third kappa shape index (κ3) is 13.3. The lowest BCUT2D eigenvalue weighted by molar-refractivity contribution is -0.144. The Labute approximate surface area is 365 Å². The molecule has 6 N–H and O–H groups in total. The summed E-state index contributed by atoms with van der Waals surface area (Å²) in [6.07, 6.45) is 5.11. The van der Waals surface area contributed by atoms with Crippen LogP contribution >= 0.6 is 0 Å². The molecule has 0 aromatic heterocycles. The van der Waals surface area contributed by atoms with Crippen molar-refractivity contribution in [3.05, 3.63) is 82.4 Å². The van der Waals surface area contributed by atoms with Gasteiger partial charge in [0, 0.05) is 25.7 Å². The van der Waals surface area contributed by atoms with Crippen LogP contribution in [0.3, 0.4) is 0 Å². The molecule has 14 nitrogen and oxygen atoms in total. The zero-order valence-electron chi connectivity index (χ0n) is 36.5. The topological polar surface area (TPSA) is 188 Å². The quantitative estimate of drug-likeness (QED) is 0.0702. The van der Waals surface area contributed by atoms with Gasteiger partial charge >= 0.3 is 17.9 Å². The fourth-order valence-corrected chi connectivity index (χ4v) is 9.56. The van der Waals surface area contributed by atoms with E-state index in [4.69, 9.17) is 18.9 Å². The second kappa shape index (κ2) is 23.0. The van der Waals surface area contributed by atoms with Gasteiger partial charge in [0.1, 0.15) is 29.6 Å². The zero-order valence-corrected chi connectivity index (χ0v) is 36.5. The molecule has 0 spiro atoms. The first-order valence-electron chi connectivity index (χ1n) is 22.2. The van der Waals surface area contributed by atoms with Crippen molar-refractivity contribution < 1.29 is 48.7 Å². The molecule has 14 heteroatoms. The van der Waals surface area contributed by atoms with Crippen LogP contribution in [0.2, 0.25) is 0 Å². The number of ether oxygens (including phenoxy) is 4. The van der Waals surface area contributed by atoms with Gasteiger partial charge in [0.2, 0.25) is 0 Å². The van der Waals surface area contributed by atoms with Gasteiger partial charge in [0.25, 0.3) is 0 Å². The smallest absolute Gasteiger partial charge is 0.307 e. The molecule has 0 aliphatic carbocycles. The summed E-state index contributed by atoms with van der Waals surface area (Å²) in [5, 5.41) is 40.3. The predicted octanol–water partition coefficient (Wildman–Crippen LogP) is 4.44. The first-order chi connectivity index (χ1) is 30.0. The van der Waals surface area contributed by atoms with Crippen molar-refractivity contribution in [3.8, 4) is 23.0 Å². The van der Waals surface area contributed by atoms with E-state index in [1.165, 1.54) is 0 Å². The van der Waals surface area contributed by atoms with Gasteiger partial charge in [-0.15, -0.1) is 0 Å². The number of nitrogens with one attached hydrogen (secondary N) is 3. The summed E-state index contributed by atoms with van der Waals surface area (Å²) < 4.78 is 23.4. The second-order valence-electron chi connectivity index (χ2n) is 17.3. The van der Waals surface area contributed by atoms with E-state index >= 15 is 0 Å². The molecule has 3 saturated heterocycles. The molecule has 0 saturated carbocycles. The first-order valence-corrected chi connectivity index (χ1v) is 22.2. The van der Waals surface area contributed by atoms with Crippen LogP contribution in [0.25, 0.3) is 0 Å². The Morgan fingerprint density at radius 3 is 1.24 bits per heavy atom. The van der Waals surface area contributed by atoms with Crippen molar-refractivity contribution in [2.45, 2.75) is 51.4 Å². The highest BCUT2D eigenvalue weighted by molar-refractivity contribution is 5.72. The molecular weight excluding hydrogens is 793 g/mol. The first kappa shape index (κ1) is 46.6. The maximum atomic E-state index is 12.4. The predicted molar refractivity (Wildman–Crippen MR) is 236 cm³/mol. The van der Waals surface area contributed by atoms with E-state index in [0.29, 0.717) is 101 Å². The van der Waals surface area contributed by atoms with Gasteiger partial charge in [-0.05, 0) is 173 Å². The van der Waals surface area contributed by atoms with E-state index in [1.807, 2.05) is 42.5 Å². The molecule has 338 valence electrons. The second-order valence-corrected chi connectivity index (χ2v) is 17.3. The van der Waals surface area contributed by atoms with E-state index in [9.17, 15) is 29.7 Å². The number of carboxylic acids is 3. The largest absolute Gasteiger partial charge is 0.497 e. The average Bonchev–Trinajstić information content (AvgIpc) is 4.10. The Balaban J connectivity index is 1.19. The summed E-state index contributed by atoms with van der Waals surface area (Å²) in [6.45, 7) is 6.88. The van der Waals surface area contributed by atoms with Gasteiger partial charge in [-0.3, -0.25) is 19.3 Å². The fourth-order valence-electron chi connectivity index (χ4n) is 9.56. The van der Waals surface area contributed by atoms with E-state index in [-0.39, 0.29) is 17.8 Å². The fraction of sp³-hybridized carbons (Fsp3) is 0.562. The lowest BCUT2D eigenvalue weighted by atomic mass is 9.85. The Morgan fingerprint density at radius 2 is 0.887 bits per heavy atom. The minimum Gasteiger partial charge on any atom is -0.497 e. The lowest BCUT2D eigenvalue weighted by Crippen LogP contribution is -2.32. The SMILES string of the molecule is COc1cc(CCN(CCOc2cc(C[C@H](C(=O)O)[C@H]3CCNC3)cc(OC)c2)CCc2cc(C[C@H](C(=O)O)[C@H]3CCNC3)cc(OC)c2)cc(C[C@H](C(=O)O)[C@H]2CCNC2)c1. The molecule has 3 fully saturated rings. The van der Waals surface area contributed by atoms with E-state index in [1.54, 1.807) is 21.3 Å². The molecule has 3 aromatic rings. The van der Waals surface area contributed by atoms with Gasteiger partial charge in [0.05, 0.1) is 39.1 Å². The molecule has 3 heterocycles. The minimum atomic E-state index is -0.799. The molecule has 3 aromatic carbocycles. The number of hydrogen-bond acceptors (Lipinski definition) is 11. The summed E-state index contributed by atoms with van der Waals surface area (Å²) in [5.74, 6) is -1.02. The molecule has 3 aliphatic rings. The zero-order chi connectivity index (χ0) is 44.0. The standard InChI is InChI=1S/C48H66N4O10/c1-59-39-18-31(16-33(20-39)24-43(46(53)54)36-4-9-49-28-36)7-12-52(13-8-32-17-34(21-40(19-32)60-2)25-44(47(55)56)37-5-10-50-29-37)14-15-62-42-23-35(22-41(27-42)61-3)26-45(48(57)58)38-6-11-51-30-38/h16-23,27,36-38,43-45,49-51H,4-15,24-26,28-30H2,1-3H3,(H,53,54)(H,55,56)(H,57,58)/t36-,37-,38-,43-,44-,45-/m0/s1. The van der Waals surface area contributed by atoms with E-state index < -0.39 is 35.7 Å². The summed E-state index contributed by atoms with van der Waals surface area (Å²) >= 11 is 0. The Bertz CT molecular complexity index is 1850. The van der Waals surface area contributed by atoms with Crippen molar-refractivity contribution in [3.63, 3.8) is 0 Å². The third-order valence-corrected chi connectivity index (χ3v) is 13.1. The van der Waals surface area contributed by atoms with Crippen molar-refractivity contribution in [1.82, 2.24) is 20.9 Å². The lowest BCUT2D eigenvalue weighted by Gasteiger charge is -2.24. The number of benzene rings is 3. The van der Waals surface area contributed by atoms with Crippen LogP contribution in [0.15, 0.2) is 54.6 Å². The molecule has 62 heavy (non-hydrogen) atoms. The molecule has 0 unspecified atom stereocenters. The minimum absolute atomic E-state index is 0.0596. The number of carboxylic acid groups (broad SMARTS) is 3. The van der Waals surface area contributed by atoms with Crippen LogP contribution < -0.4 is 34.9 Å². The van der Waals surface area contributed by atoms with Crippen molar-refractivity contribution in [1.29, 1.82) is 0 Å². The normalized spacial score (nSPS) is 20.2. The molecular formula is C48H66N4O10. The maximum absolute atomic E-state index is 12.4. The average molecular weight is 859 g/mol. The third-order valence-electron chi connectivity index (χ3n) is 13.1. The number of aliphatic carboxylic acids is 3. The molecule has 3 aliphatic heterocycles. The molecule has 0 bridgehead atoms. The maximum Gasteiger partial charge on any atom is 0.307 e. The highest BCUT2D eigenvalue weighted by atomic mass is 16.5. The van der Waals surface area contributed by atoms with Crippen molar-refractivity contribution >= 4 is 17.9 Å². The Kier molecular flexibility index (Phi) is 17.3. The van der Waals surface area contributed by atoms with Gasteiger partial charge in [-0.25, -0.2) is 0 Å². The summed E-state index contributed by atoms with van der Waals surface area (Å²) in [6, 6.07) is 17.8. The van der Waals surface area contributed by atoms with Crippen LogP contribution in [0, 0.1) is 35.5 Å². The number of hydrogen-bond donors (Lipinski definition) is 6. The van der Waals surface area contributed by atoms with Crippen LogP contribution in [0.1, 0.15) is 47.1 Å². The summed E-state index contributed by atoms with van der Waals surface area (Å²) in [4.78, 5) is 39.4. The molecule has 6 atom stereocenters. The van der Waals surface area contributed by atoms with Gasteiger partial charge in [-0.1, -0.05) is 12.1 Å². The Morgan fingerprint density at radius 1 is 0.532 bits per heavy atom. The summed E-state index contributed by atoms with van der Waals surface area (Å²) in [7, 11) is 4.85. The van der Waals surface area contributed by atoms with Crippen LogP contribution in [-0.4, -0.2) is 125 Å². The number of carbonyl (C=O) groups is 3. The number of rotatable bonds is 25. The van der Waals surface area contributed by atoms with Gasteiger partial charge < -0.3 is 50.2 Å². The van der Waals surface area contributed by atoms with E-state index in [0.717, 1.165) is 66.7 Å². The van der Waals surface area contributed by atoms with E-state index in [2.05, 4.69) is 33.0 Å². The summed E-state index contributed by atoms with van der Waals surface area (Å²) in [5.41, 5.74) is 4.82. The van der Waals surface area contributed by atoms with Crippen LogP contribution in [0.5, 0.6) is 23.0 Å². The Hall–Kier alpha value is -4.89.